The molecule has 5 nitrogen and oxygen atoms in total. The summed E-state index contributed by atoms with van der Waals surface area (Å²) in [7, 11) is 0. The first-order valence-electron chi connectivity index (χ1n) is 5.80. The van der Waals surface area contributed by atoms with Crippen LogP contribution < -0.4 is 0 Å². The highest BCUT2D eigenvalue weighted by Crippen LogP contribution is 2.04. The predicted octanol–water partition coefficient (Wildman–Crippen LogP) is 0.189. The van der Waals surface area contributed by atoms with Crippen LogP contribution in [0.1, 0.15) is 19.8 Å². The molecule has 3 fully saturated rings. The van der Waals surface area contributed by atoms with Gasteiger partial charge in [0.05, 0.1) is 39.1 Å². The number of hydrogen-bond donors (Lipinski definition) is 2. The third-order valence-corrected chi connectivity index (χ3v) is 1.63. The largest absolute Gasteiger partial charge is 0.394 e. The second kappa shape index (κ2) is 12.9. The van der Waals surface area contributed by atoms with Gasteiger partial charge in [-0.1, -0.05) is 0 Å². The molecule has 0 aliphatic carbocycles. The van der Waals surface area contributed by atoms with Crippen molar-refractivity contribution < 1.29 is 24.4 Å². The fourth-order valence-electron chi connectivity index (χ4n) is 0.607. The van der Waals surface area contributed by atoms with E-state index >= 15 is 0 Å². The maximum absolute atomic E-state index is 7.62. The molecule has 0 aromatic heterocycles. The molecule has 3 heterocycles. The van der Waals surface area contributed by atoms with Crippen molar-refractivity contribution in [3.8, 4) is 0 Å². The molecule has 0 spiro atoms. The SMILES string of the molecule is C1CCOC1.C1CO1.CC1CO1.OCCO. The molecular weight excluding hydrogens is 212 g/mol. The standard InChI is InChI=1S/C4H8O.C3H6O.C2H6O2.C2H4O/c1-2-4-5-3-1;1-3-2-4-3;3-1-2-4;1-2-3-1/h1-4H2;3H,2H2,1H3;3-4H,1-2H2;1-2H2. The van der Waals surface area contributed by atoms with Gasteiger partial charge in [0.15, 0.2) is 0 Å². The fraction of sp³-hybridized carbons (Fsp3) is 1.00. The maximum Gasteiger partial charge on any atom is 0.0781 e. The van der Waals surface area contributed by atoms with Crippen molar-refractivity contribution in [1.29, 1.82) is 0 Å². The van der Waals surface area contributed by atoms with Crippen molar-refractivity contribution in [1.82, 2.24) is 0 Å². The zero-order chi connectivity index (χ0) is 12.1. The molecule has 0 radical (unpaired) electrons. The van der Waals surface area contributed by atoms with E-state index < -0.39 is 0 Å². The van der Waals surface area contributed by atoms with E-state index in [-0.39, 0.29) is 13.2 Å². The average molecular weight is 236 g/mol. The van der Waals surface area contributed by atoms with Crippen LogP contribution in [-0.4, -0.2) is 62.6 Å². The van der Waals surface area contributed by atoms with Crippen LogP contribution in [-0.2, 0) is 14.2 Å². The van der Waals surface area contributed by atoms with Gasteiger partial charge in [-0.3, -0.25) is 0 Å². The van der Waals surface area contributed by atoms with Crippen LogP contribution in [0.2, 0.25) is 0 Å². The second-order valence-electron chi connectivity index (χ2n) is 3.52. The Labute approximate surface area is 97.3 Å². The summed E-state index contributed by atoms with van der Waals surface area (Å²) in [6, 6.07) is 0. The Morgan fingerprint density at radius 1 is 0.938 bits per heavy atom. The lowest BCUT2D eigenvalue weighted by atomic mass is 10.4. The van der Waals surface area contributed by atoms with Gasteiger partial charge in [-0.15, -0.1) is 0 Å². The molecule has 3 rings (SSSR count). The fourth-order valence-corrected chi connectivity index (χ4v) is 0.607. The molecule has 0 bridgehead atoms. The summed E-state index contributed by atoms with van der Waals surface area (Å²) in [5.41, 5.74) is 0. The summed E-state index contributed by atoms with van der Waals surface area (Å²) in [5, 5.41) is 15.2. The lowest BCUT2D eigenvalue weighted by Gasteiger charge is -1.76. The average Bonchev–Trinajstić information content (AvgIpc) is 3.26. The van der Waals surface area contributed by atoms with Crippen molar-refractivity contribution in [2.75, 3.05) is 46.2 Å². The van der Waals surface area contributed by atoms with Gasteiger partial charge in [-0.25, -0.2) is 0 Å². The van der Waals surface area contributed by atoms with Gasteiger partial charge >= 0.3 is 0 Å². The molecule has 0 aromatic carbocycles. The molecule has 5 heteroatoms. The molecule has 0 saturated carbocycles. The molecule has 0 aromatic rings. The first-order chi connectivity index (χ1) is 7.81. The van der Waals surface area contributed by atoms with Gasteiger partial charge < -0.3 is 24.4 Å². The molecule has 98 valence electrons. The van der Waals surface area contributed by atoms with Crippen LogP contribution >= 0.6 is 0 Å². The van der Waals surface area contributed by atoms with Crippen LogP contribution in [0, 0.1) is 0 Å². The lowest BCUT2D eigenvalue weighted by molar-refractivity contribution is 0.186. The van der Waals surface area contributed by atoms with Crippen molar-refractivity contribution in [2.45, 2.75) is 25.9 Å². The second-order valence-corrected chi connectivity index (χ2v) is 3.52. The number of rotatable bonds is 1. The number of ether oxygens (including phenoxy) is 3. The van der Waals surface area contributed by atoms with Crippen molar-refractivity contribution >= 4 is 0 Å². The summed E-state index contributed by atoms with van der Waals surface area (Å²) in [6.07, 6.45) is 3.14. The van der Waals surface area contributed by atoms with Gasteiger partial charge in [0.2, 0.25) is 0 Å². The summed E-state index contributed by atoms with van der Waals surface area (Å²) >= 11 is 0. The third-order valence-electron chi connectivity index (χ3n) is 1.63. The van der Waals surface area contributed by atoms with Crippen molar-refractivity contribution in [3.63, 3.8) is 0 Å². The van der Waals surface area contributed by atoms with Crippen molar-refractivity contribution in [3.05, 3.63) is 0 Å². The molecule has 1 unspecified atom stereocenters. The van der Waals surface area contributed by atoms with E-state index in [1.807, 2.05) is 0 Å². The minimum absolute atomic E-state index is 0.125. The molecule has 0 amide bonds. The Hall–Kier alpha value is -0.200. The van der Waals surface area contributed by atoms with Crippen LogP contribution in [0.5, 0.6) is 0 Å². The quantitative estimate of drug-likeness (QED) is 0.636. The van der Waals surface area contributed by atoms with Gasteiger partial charge in [-0.05, 0) is 19.8 Å². The molecule has 3 saturated heterocycles. The van der Waals surface area contributed by atoms with E-state index in [1.165, 1.54) is 12.8 Å². The predicted molar refractivity (Wildman–Crippen MR) is 60.5 cm³/mol. The number of epoxide rings is 2. The Bertz CT molecular complexity index is 109. The first kappa shape index (κ1) is 15.8. The molecular formula is C11H24O5. The Balaban J connectivity index is 0.000000190. The van der Waals surface area contributed by atoms with Gasteiger partial charge in [-0.2, -0.15) is 0 Å². The zero-order valence-electron chi connectivity index (χ0n) is 10.1. The van der Waals surface area contributed by atoms with E-state index in [2.05, 4.69) is 11.7 Å². The highest BCUT2D eigenvalue weighted by atomic mass is 16.6. The molecule has 1 atom stereocenters. The van der Waals surface area contributed by atoms with Crippen LogP contribution in [0.15, 0.2) is 0 Å². The van der Waals surface area contributed by atoms with Crippen LogP contribution in [0.25, 0.3) is 0 Å². The van der Waals surface area contributed by atoms with E-state index in [0.717, 1.165) is 33.0 Å². The Morgan fingerprint density at radius 3 is 1.38 bits per heavy atom. The van der Waals surface area contributed by atoms with E-state index in [0.29, 0.717) is 6.10 Å². The molecule has 16 heavy (non-hydrogen) atoms. The summed E-state index contributed by atoms with van der Waals surface area (Å²) in [6.45, 7) is 6.79. The Kier molecular flexibility index (Phi) is 12.7. The minimum atomic E-state index is -0.125. The molecule has 3 aliphatic heterocycles. The lowest BCUT2D eigenvalue weighted by Crippen LogP contribution is -1.85. The topological polar surface area (TPSA) is 74.8 Å². The molecule has 2 N–H and O–H groups in total. The third kappa shape index (κ3) is 23.5. The van der Waals surface area contributed by atoms with Gasteiger partial charge in [0.25, 0.3) is 0 Å². The van der Waals surface area contributed by atoms with E-state index in [4.69, 9.17) is 19.7 Å². The van der Waals surface area contributed by atoms with Crippen molar-refractivity contribution in [2.24, 2.45) is 0 Å². The monoisotopic (exact) mass is 236 g/mol. The number of hydrogen-bond acceptors (Lipinski definition) is 5. The van der Waals surface area contributed by atoms with Crippen LogP contribution in [0.4, 0.5) is 0 Å². The number of aliphatic hydroxyl groups excluding tert-OH is 2. The highest BCUT2D eigenvalue weighted by molar-refractivity contribution is 4.58. The first-order valence-corrected chi connectivity index (χ1v) is 5.80. The minimum Gasteiger partial charge on any atom is -0.394 e. The van der Waals surface area contributed by atoms with E-state index in [1.54, 1.807) is 0 Å². The zero-order valence-corrected chi connectivity index (χ0v) is 10.1. The highest BCUT2D eigenvalue weighted by Gasteiger charge is 2.13. The smallest absolute Gasteiger partial charge is 0.0781 e. The summed E-state index contributed by atoms with van der Waals surface area (Å²) in [4.78, 5) is 0. The van der Waals surface area contributed by atoms with E-state index in [9.17, 15) is 0 Å². The van der Waals surface area contributed by atoms with Gasteiger partial charge in [0.1, 0.15) is 0 Å². The molecule has 3 aliphatic rings. The number of aliphatic hydroxyl groups is 2. The van der Waals surface area contributed by atoms with Crippen LogP contribution in [0.3, 0.4) is 0 Å². The Morgan fingerprint density at radius 2 is 1.31 bits per heavy atom. The normalized spacial score (nSPS) is 23.8. The summed E-state index contributed by atoms with van der Waals surface area (Å²) in [5.74, 6) is 0. The summed E-state index contributed by atoms with van der Waals surface area (Å²) < 4.78 is 14.2. The van der Waals surface area contributed by atoms with Gasteiger partial charge in [0, 0.05) is 13.2 Å². The maximum atomic E-state index is 7.62.